The van der Waals surface area contributed by atoms with Crippen LogP contribution < -0.4 is 16.4 Å². The molecule has 1 aromatic carbocycles. The van der Waals surface area contributed by atoms with E-state index in [2.05, 4.69) is 10.3 Å². The van der Waals surface area contributed by atoms with Crippen LogP contribution in [0, 0.1) is 0 Å². The number of hydrogen-bond acceptors (Lipinski definition) is 5. The minimum atomic E-state index is -0.746. The molecule has 0 saturated carbocycles. The normalized spacial score (nSPS) is 11.2. The highest BCUT2D eigenvalue weighted by atomic mass is 16.5. The molecule has 8 nitrogen and oxygen atoms in total. The van der Waals surface area contributed by atoms with Crippen LogP contribution in [0.25, 0.3) is 11.2 Å². The van der Waals surface area contributed by atoms with Crippen molar-refractivity contribution in [3.63, 3.8) is 0 Å². The summed E-state index contributed by atoms with van der Waals surface area (Å²) in [6.07, 6.45) is 2.37. The van der Waals surface area contributed by atoms with Crippen molar-refractivity contribution in [1.82, 2.24) is 19.4 Å². The number of amides is 1. The molecule has 2 aromatic heterocycles. The molecule has 0 aliphatic heterocycles. The molecule has 8 heteroatoms. The fraction of sp³-hybridized carbons (Fsp3) is 0.364. The first kappa shape index (κ1) is 21.4. The zero-order valence-electron chi connectivity index (χ0n) is 17.2. The van der Waals surface area contributed by atoms with Gasteiger partial charge in [-0.25, -0.2) is 4.98 Å². The van der Waals surface area contributed by atoms with Gasteiger partial charge >= 0.3 is 11.1 Å². The second-order valence-electron chi connectivity index (χ2n) is 7.24. The van der Waals surface area contributed by atoms with E-state index in [1.54, 1.807) is 18.3 Å². The van der Waals surface area contributed by atoms with Crippen molar-refractivity contribution < 1.29 is 9.53 Å². The molecule has 0 fully saturated rings. The summed E-state index contributed by atoms with van der Waals surface area (Å²) >= 11 is 0. The summed E-state index contributed by atoms with van der Waals surface area (Å²) in [6.45, 7) is 4.86. The molecule has 0 radical (unpaired) electrons. The minimum Gasteiger partial charge on any atom is -0.379 e. The first-order valence-electron chi connectivity index (χ1n) is 9.98. The molecule has 3 rings (SSSR count). The minimum absolute atomic E-state index is 0.139. The number of carbonyl (C=O) groups is 1. The maximum absolute atomic E-state index is 12.8. The third-order valence-corrected chi connectivity index (χ3v) is 4.57. The Morgan fingerprint density at radius 3 is 2.53 bits per heavy atom. The Hall–Kier alpha value is -3.26. The monoisotopic (exact) mass is 410 g/mol. The van der Waals surface area contributed by atoms with E-state index in [4.69, 9.17) is 4.74 Å². The molecule has 0 aliphatic carbocycles. The van der Waals surface area contributed by atoms with Gasteiger partial charge in [0.05, 0.1) is 18.2 Å². The van der Waals surface area contributed by atoms with Crippen molar-refractivity contribution in [2.24, 2.45) is 0 Å². The van der Waals surface area contributed by atoms with Crippen LogP contribution in [0.4, 0.5) is 0 Å². The lowest BCUT2D eigenvalue weighted by Gasteiger charge is -2.14. The van der Waals surface area contributed by atoms with Crippen LogP contribution in [-0.4, -0.2) is 39.3 Å². The predicted octanol–water partition coefficient (Wildman–Crippen LogP) is 1.54. The third kappa shape index (κ3) is 5.21. The molecule has 1 amide bonds. The molecule has 0 saturated heterocycles. The van der Waals surface area contributed by atoms with Crippen LogP contribution in [0.3, 0.4) is 0 Å². The number of hydrogen-bond donors (Lipinski definition) is 1. The van der Waals surface area contributed by atoms with Gasteiger partial charge in [-0.05, 0) is 38.0 Å². The zero-order chi connectivity index (χ0) is 21.5. The van der Waals surface area contributed by atoms with E-state index in [1.165, 1.54) is 9.13 Å². The molecule has 2 heterocycles. The Bertz CT molecular complexity index is 1120. The van der Waals surface area contributed by atoms with Crippen molar-refractivity contribution in [3.05, 3.63) is 74.9 Å². The first-order chi connectivity index (χ1) is 14.5. The molecule has 3 aromatic rings. The molecule has 30 heavy (non-hydrogen) atoms. The summed E-state index contributed by atoms with van der Waals surface area (Å²) in [7, 11) is 0. The lowest BCUT2D eigenvalue weighted by Crippen LogP contribution is -2.44. The topological polar surface area (TPSA) is 95.2 Å². The van der Waals surface area contributed by atoms with Crippen molar-refractivity contribution in [2.75, 3.05) is 13.2 Å². The summed E-state index contributed by atoms with van der Waals surface area (Å²) in [5.74, 6) is -0.341. The Labute approximate surface area is 174 Å². The summed E-state index contributed by atoms with van der Waals surface area (Å²) in [4.78, 5) is 42.2. The average Bonchev–Trinajstić information content (AvgIpc) is 2.74. The maximum Gasteiger partial charge on any atom is 0.318 e. The predicted molar refractivity (Wildman–Crippen MR) is 115 cm³/mol. The summed E-state index contributed by atoms with van der Waals surface area (Å²) in [5, 5.41) is 2.76. The number of benzene rings is 1. The third-order valence-electron chi connectivity index (χ3n) is 4.57. The van der Waals surface area contributed by atoms with Crippen molar-refractivity contribution in [3.8, 4) is 0 Å². The Morgan fingerprint density at radius 2 is 1.80 bits per heavy atom. The van der Waals surface area contributed by atoms with Crippen LogP contribution in [-0.2, 0) is 22.6 Å². The lowest BCUT2D eigenvalue weighted by atomic mass is 10.2. The zero-order valence-corrected chi connectivity index (χ0v) is 17.2. The van der Waals surface area contributed by atoms with Gasteiger partial charge in [-0.2, -0.15) is 0 Å². The lowest BCUT2D eigenvalue weighted by molar-refractivity contribution is -0.121. The quantitative estimate of drug-likeness (QED) is 0.426. The summed E-state index contributed by atoms with van der Waals surface area (Å²) in [6, 6.07) is 12.7. The Balaban J connectivity index is 1.83. The van der Waals surface area contributed by atoms with Gasteiger partial charge in [0, 0.05) is 19.3 Å². The molecule has 0 atom stereocenters. The van der Waals surface area contributed by atoms with Gasteiger partial charge in [-0.15, -0.1) is 0 Å². The highest BCUT2D eigenvalue weighted by Crippen LogP contribution is 2.10. The highest BCUT2D eigenvalue weighted by molar-refractivity contribution is 5.78. The number of fused-ring (bicyclic) bond motifs is 1. The van der Waals surface area contributed by atoms with Crippen LogP contribution >= 0.6 is 0 Å². The Kier molecular flexibility index (Phi) is 7.13. The number of aromatic nitrogens is 3. The van der Waals surface area contributed by atoms with Crippen LogP contribution in [0.2, 0.25) is 0 Å². The first-order valence-corrected chi connectivity index (χ1v) is 9.98. The number of pyridine rings is 1. The highest BCUT2D eigenvalue weighted by Gasteiger charge is 2.16. The molecular formula is C22H26N4O4. The van der Waals surface area contributed by atoms with Gasteiger partial charge in [-0.1, -0.05) is 30.3 Å². The van der Waals surface area contributed by atoms with E-state index in [-0.39, 0.29) is 25.1 Å². The molecule has 1 N–H and O–H groups in total. The fourth-order valence-corrected chi connectivity index (χ4v) is 3.13. The summed E-state index contributed by atoms with van der Waals surface area (Å²) < 4.78 is 7.98. The average molecular weight is 410 g/mol. The SMILES string of the molecule is CC(C)OCCCNC(=O)Cn1c(=O)c(=O)n(Cc2ccccc2)c2ncccc21. The number of carbonyl (C=O) groups excluding carboxylic acids is 1. The van der Waals surface area contributed by atoms with E-state index in [1.807, 2.05) is 44.2 Å². The van der Waals surface area contributed by atoms with Gasteiger partial charge in [0.1, 0.15) is 6.54 Å². The molecule has 0 spiro atoms. The second-order valence-corrected chi connectivity index (χ2v) is 7.24. The molecule has 158 valence electrons. The van der Waals surface area contributed by atoms with Crippen LogP contribution in [0.1, 0.15) is 25.8 Å². The largest absolute Gasteiger partial charge is 0.379 e. The molecule has 0 bridgehead atoms. The van der Waals surface area contributed by atoms with Gasteiger partial charge in [0.25, 0.3) is 0 Å². The van der Waals surface area contributed by atoms with Crippen LogP contribution in [0.15, 0.2) is 58.3 Å². The Morgan fingerprint density at radius 1 is 1.07 bits per heavy atom. The van der Waals surface area contributed by atoms with Gasteiger partial charge in [-0.3, -0.25) is 23.5 Å². The van der Waals surface area contributed by atoms with E-state index in [0.29, 0.717) is 30.7 Å². The van der Waals surface area contributed by atoms with Crippen molar-refractivity contribution in [2.45, 2.75) is 39.5 Å². The number of ether oxygens (including phenoxy) is 1. The maximum atomic E-state index is 12.8. The second kappa shape index (κ2) is 9.98. The number of nitrogens with one attached hydrogen (secondary N) is 1. The van der Waals surface area contributed by atoms with E-state index >= 15 is 0 Å². The van der Waals surface area contributed by atoms with Crippen LogP contribution in [0.5, 0.6) is 0 Å². The van der Waals surface area contributed by atoms with Gasteiger partial charge in [0.2, 0.25) is 5.91 Å². The van der Waals surface area contributed by atoms with E-state index < -0.39 is 11.1 Å². The van der Waals surface area contributed by atoms with E-state index in [9.17, 15) is 14.4 Å². The van der Waals surface area contributed by atoms with Gasteiger partial charge in [0.15, 0.2) is 5.65 Å². The smallest absolute Gasteiger partial charge is 0.318 e. The fourth-order valence-electron chi connectivity index (χ4n) is 3.13. The molecular weight excluding hydrogens is 384 g/mol. The summed E-state index contributed by atoms with van der Waals surface area (Å²) in [5.41, 5.74) is 0.235. The molecule has 0 aliphatic rings. The van der Waals surface area contributed by atoms with E-state index in [0.717, 1.165) is 5.56 Å². The van der Waals surface area contributed by atoms with Gasteiger partial charge < -0.3 is 10.1 Å². The standard InChI is InChI=1S/C22H26N4O4/c1-16(2)30-13-7-12-23-19(27)15-25-18-10-6-11-24-20(18)26(22(29)21(25)28)14-17-8-4-3-5-9-17/h3-6,8-11,16H,7,12-15H2,1-2H3,(H,23,27). The van der Waals surface area contributed by atoms with Crippen molar-refractivity contribution >= 4 is 17.1 Å². The van der Waals surface area contributed by atoms with Crippen molar-refractivity contribution in [1.29, 1.82) is 0 Å². The number of rotatable bonds is 9. The molecule has 0 unspecified atom stereocenters. The number of nitrogens with zero attached hydrogens (tertiary/aromatic N) is 3.